The third kappa shape index (κ3) is 5.56. The van der Waals surface area contributed by atoms with Gasteiger partial charge in [-0.3, -0.25) is 9.59 Å². The number of alkyl halides is 1. The molecular weight excluding hydrogens is 156 g/mol. The number of carbonyl (C=O) groups excluding carboxylic acids is 2. The number of rotatable bonds is 4. The lowest BCUT2D eigenvalue weighted by molar-refractivity contribution is -0.141. The maximum Gasteiger partial charge on any atom is 0.302 e. The molecule has 10 heavy (non-hydrogen) atoms. The van der Waals surface area contributed by atoms with E-state index in [1.807, 2.05) is 0 Å². The Hall–Kier alpha value is -0.570. The van der Waals surface area contributed by atoms with Gasteiger partial charge in [0.05, 0.1) is 12.5 Å². The van der Waals surface area contributed by atoms with Crippen molar-refractivity contribution in [1.82, 2.24) is 0 Å². The second-order valence-electron chi connectivity index (χ2n) is 1.76. The molecule has 0 atom stereocenters. The third-order valence-corrected chi connectivity index (χ3v) is 1.13. The average Bonchev–Trinajstić information content (AvgIpc) is 1.87. The normalized spacial score (nSPS) is 9.00. The Morgan fingerprint density at radius 1 is 1.50 bits per heavy atom. The Bertz CT molecular complexity index is 133. The van der Waals surface area contributed by atoms with Gasteiger partial charge >= 0.3 is 5.97 Å². The van der Waals surface area contributed by atoms with Crippen LogP contribution >= 0.6 is 11.6 Å². The molecular formula is C6H9ClO3. The first-order valence-electron chi connectivity index (χ1n) is 2.88. The van der Waals surface area contributed by atoms with E-state index in [1.54, 1.807) is 0 Å². The van der Waals surface area contributed by atoms with Crippen molar-refractivity contribution >= 4 is 23.4 Å². The highest BCUT2D eigenvalue weighted by Crippen LogP contribution is 1.88. The molecule has 0 fully saturated rings. The predicted molar refractivity (Wildman–Crippen MR) is 37.0 cm³/mol. The molecule has 0 aliphatic rings. The summed E-state index contributed by atoms with van der Waals surface area (Å²) in [6.45, 7) is 1.44. The number of halogens is 1. The lowest BCUT2D eigenvalue weighted by atomic mass is 10.3. The number of ether oxygens (including phenoxy) is 1. The summed E-state index contributed by atoms with van der Waals surface area (Å²) in [7, 11) is 0. The zero-order valence-corrected chi connectivity index (χ0v) is 6.48. The van der Waals surface area contributed by atoms with Crippen LogP contribution in [0.5, 0.6) is 0 Å². The highest BCUT2D eigenvalue weighted by Gasteiger charge is 1.99. The predicted octanol–water partition coefficient (Wildman–Crippen LogP) is 0.748. The average molecular weight is 165 g/mol. The van der Waals surface area contributed by atoms with Crippen molar-refractivity contribution in [2.75, 3.05) is 12.5 Å². The van der Waals surface area contributed by atoms with Crippen LogP contribution in [-0.2, 0) is 14.3 Å². The minimum atomic E-state index is -0.373. The maximum absolute atomic E-state index is 10.5. The molecule has 3 nitrogen and oxygen atoms in total. The first-order chi connectivity index (χ1) is 4.66. The van der Waals surface area contributed by atoms with Crippen LogP contribution in [0.15, 0.2) is 0 Å². The molecule has 4 heteroatoms. The first kappa shape index (κ1) is 9.43. The van der Waals surface area contributed by atoms with E-state index in [0.29, 0.717) is 0 Å². The highest BCUT2D eigenvalue weighted by molar-refractivity contribution is 6.27. The van der Waals surface area contributed by atoms with Crippen LogP contribution in [-0.4, -0.2) is 24.2 Å². The monoisotopic (exact) mass is 164 g/mol. The van der Waals surface area contributed by atoms with Crippen LogP contribution in [0.3, 0.4) is 0 Å². The number of ketones is 1. The van der Waals surface area contributed by atoms with Gasteiger partial charge in [0.2, 0.25) is 0 Å². The van der Waals surface area contributed by atoms with Gasteiger partial charge in [-0.2, -0.15) is 0 Å². The van der Waals surface area contributed by atoms with E-state index in [1.165, 1.54) is 6.92 Å². The van der Waals surface area contributed by atoms with Gasteiger partial charge in [-0.15, -0.1) is 11.6 Å². The van der Waals surface area contributed by atoms with Crippen LogP contribution < -0.4 is 0 Å². The number of hydrogen-bond acceptors (Lipinski definition) is 3. The summed E-state index contributed by atoms with van der Waals surface area (Å²) >= 11 is 5.18. The maximum atomic E-state index is 10.5. The minimum Gasteiger partial charge on any atom is -0.465 e. The molecule has 0 bridgehead atoms. The zero-order valence-electron chi connectivity index (χ0n) is 5.72. The van der Waals surface area contributed by atoms with Crippen molar-refractivity contribution in [2.45, 2.75) is 13.3 Å². The summed E-state index contributed by atoms with van der Waals surface area (Å²) in [6.07, 6.45) is 0.211. The molecule has 0 unspecified atom stereocenters. The quantitative estimate of drug-likeness (QED) is 0.455. The van der Waals surface area contributed by atoms with Gasteiger partial charge in [0.1, 0.15) is 0 Å². The van der Waals surface area contributed by atoms with E-state index < -0.39 is 0 Å². The van der Waals surface area contributed by atoms with Crippen molar-refractivity contribution in [3.05, 3.63) is 0 Å². The van der Waals surface area contributed by atoms with Gasteiger partial charge < -0.3 is 4.74 Å². The molecule has 0 rings (SSSR count). The van der Waals surface area contributed by atoms with Gasteiger partial charge in [-0.25, -0.2) is 0 Å². The van der Waals surface area contributed by atoms with E-state index in [-0.39, 0.29) is 30.7 Å². The second-order valence-corrected chi connectivity index (χ2v) is 2.03. The fourth-order valence-corrected chi connectivity index (χ4v) is 0.509. The van der Waals surface area contributed by atoms with Crippen LogP contribution in [0.4, 0.5) is 0 Å². The van der Waals surface area contributed by atoms with Crippen molar-refractivity contribution in [3.8, 4) is 0 Å². The summed E-state index contributed by atoms with van der Waals surface area (Å²) in [4.78, 5) is 20.6. The molecule has 0 heterocycles. The Balaban J connectivity index is 3.20. The van der Waals surface area contributed by atoms with Crippen LogP contribution in [0.1, 0.15) is 13.3 Å². The molecule has 0 saturated carbocycles. The van der Waals surface area contributed by atoms with Gasteiger partial charge in [0.15, 0.2) is 5.78 Å². The van der Waals surface area contributed by atoms with Gasteiger partial charge in [-0.05, 0) is 0 Å². The number of carbonyl (C=O) groups is 2. The topological polar surface area (TPSA) is 43.4 Å². The van der Waals surface area contributed by atoms with Gasteiger partial charge in [0.25, 0.3) is 0 Å². The fraction of sp³-hybridized carbons (Fsp3) is 0.667. The Labute approximate surface area is 64.3 Å². The SMILES string of the molecule is CC(=O)OCCC(=O)CCl. The summed E-state index contributed by atoms with van der Waals surface area (Å²) in [6, 6.07) is 0. The molecule has 58 valence electrons. The van der Waals surface area contributed by atoms with Crippen LogP contribution in [0.2, 0.25) is 0 Å². The van der Waals surface area contributed by atoms with E-state index in [9.17, 15) is 9.59 Å². The largest absolute Gasteiger partial charge is 0.465 e. The summed E-state index contributed by atoms with van der Waals surface area (Å²) in [5.41, 5.74) is 0. The smallest absolute Gasteiger partial charge is 0.302 e. The molecule has 0 aliphatic carbocycles. The molecule has 0 amide bonds. The number of esters is 1. The molecule has 0 aromatic heterocycles. The van der Waals surface area contributed by atoms with Gasteiger partial charge in [0, 0.05) is 13.3 Å². The first-order valence-corrected chi connectivity index (χ1v) is 3.41. The van der Waals surface area contributed by atoms with Crippen LogP contribution in [0, 0.1) is 0 Å². The van der Waals surface area contributed by atoms with E-state index >= 15 is 0 Å². The van der Waals surface area contributed by atoms with Crippen molar-refractivity contribution < 1.29 is 14.3 Å². The fourth-order valence-electron chi connectivity index (χ4n) is 0.375. The number of Topliss-reactive ketones (excluding diaryl/α,β-unsaturated/α-hetero) is 1. The molecule has 0 aromatic carbocycles. The van der Waals surface area contributed by atoms with Crippen LogP contribution in [0.25, 0.3) is 0 Å². The Morgan fingerprint density at radius 3 is 2.50 bits per heavy atom. The van der Waals surface area contributed by atoms with Crippen molar-refractivity contribution in [3.63, 3.8) is 0 Å². The molecule has 0 aliphatic heterocycles. The summed E-state index contributed by atoms with van der Waals surface area (Å²) in [5.74, 6) is -0.494. The van der Waals surface area contributed by atoms with E-state index in [4.69, 9.17) is 11.6 Å². The zero-order chi connectivity index (χ0) is 7.98. The molecule has 0 radical (unpaired) electrons. The Kier molecular flexibility index (Phi) is 4.94. The lowest BCUT2D eigenvalue weighted by Gasteiger charge is -1.97. The molecule has 0 saturated heterocycles. The minimum absolute atomic E-state index is 0.0126. The molecule has 0 aromatic rings. The third-order valence-electron chi connectivity index (χ3n) is 0.835. The van der Waals surface area contributed by atoms with Gasteiger partial charge in [-0.1, -0.05) is 0 Å². The molecule has 0 spiro atoms. The second kappa shape index (κ2) is 5.23. The van der Waals surface area contributed by atoms with Crippen molar-refractivity contribution in [2.24, 2.45) is 0 Å². The standard InChI is InChI=1S/C6H9ClO3/c1-5(8)10-3-2-6(9)4-7/h2-4H2,1H3. The summed E-state index contributed by atoms with van der Waals surface area (Å²) < 4.78 is 4.50. The Morgan fingerprint density at radius 2 is 2.10 bits per heavy atom. The molecule has 0 N–H and O–H groups in total. The number of hydrogen-bond donors (Lipinski definition) is 0. The lowest BCUT2D eigenvalue weighted by Crippen LogP contribution is -2.07. The highest BCUT2D eigenvalue weighted by atomic mass is 35.5. The van der Waals surface area contributed by atoms with E-state index in [0.717, 1.165) is 0 Å². The summed E-state index contributed by atoms with van der Waals surface area (Å²) in [5, 5.41) is 0. The van der Waals surface area contributed by atoms with Crippen molar-refractivity contribution in [1.29, 1.82) is 0 Å². The van der Waals surface area contributed by atoms with E-state index in [2.05, 4.69) is 4.74 Å².